The topological polar surface area (TPSA) is 35.5 Å². The van der Waals surface area contributed by atoms with Crippen molar-refractivity contribution in [3.63, 3.8) is 0 Å². The van der Waals surface area contributed by atoms with Gasteiger partial charge < -0.3 is 9.16 Å². The van der Waals surface area contributed by atoms with Gasteiger partial charge in [0.1, 0.15) is 0 Å². The molecule has 0 fully saturated rings. The Bertz CT molecular complexity index is 1040. The third kappa shape index (κ3) is 12.6. The van der Waals surface area contributed by atoms with Crippen molar-refractivity contribution >= 4 is 24.7 Å². The molecule has 0 amide bonds. The highest BCUT2D eigenvalue weighted by Crippen LogP contribution is 2.36. The molecule has 0 atom stereocenters. The molecule has 0 aliphatic rings. The van der Waals surface area contributed by atoms with E-state index in [9.17, 15) is 4.79 Å². The lowest BCUT2D eigenvalue weighted by Crippen LogP contribution is -2.66. The van der Waals surface area contributed by atoms with Crippen molar-refractivity contribution < 1.29 is 14.0 Å². The molecule has 0 N–H and O–H groups in total. The molecule has 0 bridgehead atoms. The molecule has 0 aliphatic carbocycles. The first-order valence-electron chi connectivity index (χ1n) is 15.4. The fourth-order valence-electron chi connectivity index (χ4n) is 5.05. The molecule has 0 spiro atoms. The lowest BCUT2D eigenvalue weighted by Gasteiger charge is -2.43. The number of hydrogen-bond acceptors (Lipinski definition) is 3. The first kappa shape index (κ1) is 34.2. The second-order valence-corrected chi connectivity index (χ2v) is 15.7. The van der Waals surface area contributed by atoms with E-state index < -0.39 is 8.32 Å². The van der Waals surface area contributed by atoms with Gasteiger partial charge in [-0.05, 0) is 66.8 Å². The van der Waals surface area contributed by atoms with Crippen molar-refractivity contribution in [3.8, 4) is 0 Å². The van der Waals surface area contributed by atoms with Crippen LogP contribution in [0.25, 0.3) is 0 Å². The van der Waals surface area contributed by atoms with Crippen LogP contribution in [0.15, 0.2) is 109 Å². The minimum absolute atomic E-state index is 0.0351. The monoisotopic (exact) mass is 572 g/mol. The summed E-state index contributed by atoms with van der Waals surface area (Å²) in [5.41, 5.74) is 0. The number of hydrogen-bond donors (Lipinski definition) is 0. The molecular formula is C37H52O3Si. The normalized spacial score (nSPS) is 12.8. The molecule has 3 nitrogen and oxygen atoms in total. The Hall–Kier alpha value is -2.95. The Morgan fingerprint density at radius 3 is 1.88 bits per heavy atom. The minimum Gasteiger partial charge on any atom is -0.469 e. The highest BCUT2D eigenvalue weighted by atomic mass is 28.4. The standard InChI is InChI=1S/C37H52O3Si/c1-37(2,3)41(34-28-22-20-23-29-34,35-30-24-21-25-31-35)40-33-27-19-17-15-13-11-9-7-5-6-8-10-12-14-16-18-26-32-36(38)39-4/h5-6,8,10-11,13-14,16,20-25,28-31H,7,9,12,15,17-19,26-27,32-33H2,1-4H3/b6-5-,10-8-,13-11-,16-14-. The van der Waals surface area contributed by atoms with E-state index in [0.29, 0.717) is 6.42 Å². The van der Waals surface area contributed by atoms with Crippen LogP contribution in [0.1, 0.15) is 85.0 Å². The number of carbonyl (C=O) groups is 1. The van der Waals surface area contributed by atoms with Gasteiger partial charge in [-0.2, -0.15) is 0 Å². The fraction of sp³-hybridized carbons (Fsp3) is 0.432. The number of methoxy groups -OCH3 is 1. The molecule has 0 heterocycles. The second-order valence-electron chi connectivity index (χ2n) is 11.4. The molecule has 0 saturated heterocycles. The Labute approximate surface area is 251 Å². The van der Waals surface area contributed by atoms with Crippen LogP contribution in [-0.2, 0) is 14.0 Å². The predicted octanol–water partition coefficient (Wildman–Crippen LogP) is 8.86. The number of benzene rings is 2. The predicted molar refractivity (Wildman–Crippen MR) is 178 cm³/mol. The van der Waals surface area contributed by atoms with Crippen LogP contribution in [0.3, 0.4) is 0 Å². The van der Waals surface area contributed by atoms with Crippen LogP contribution in [0.4, 0.5) is 0 Å². The van der Waals surface area contributed by atoms with E-state index in [2.05, 4.69) is 135 Å². The van der Waals surface area contributed by atoms with E-state index in [1.165, 1.54) is 30.3 Å². The molecule has 4 heteroatoms. The van der Waals surface area contributed by atoms with Crippen molar-refractivity contribution in [2.75, 3.05) is 13.7 Å². The Balaban J connectivity index is 1.64. The summed E-state index contributed by atoms with van der Waals surface area (Å²) in [6, 6.07) is 21.8. The Kier molecular flexibility index (Phi) is 16.7. The van der Waals surface area contributed by atoms with Crippen molar-refractivity contribution in [1.82, 2.24) is 0 Å². The maximum absolute atomic E-state index is 11.1. The number of esters is 1. The smallest absolute Gasteiger partial charge is 0.305 e. The number of unbranched alkanes of at least 4 members (excludes halogenated alkanes) is 5. The minimum atomic E-state index is -2.41. The van der Waals surface area contributed by atoms with Gasteiger partial charge in [0.25, 0.3) is 8.32 Å². The van der Waals surface area contributed by atoms with Gasteiger partial charge in [-0.15, -0.1) is 0 Å². The SMILES string of the molecule is COC(=O)CCC/C=C\C/C=C\C=C/CC/C=C\CCCCCO[Si](c1ccccc1)(c1ccccc1)C(C)(C)C. The van der Waals surface area contributed by atoms with E-state index in [1.54, 1.807) is 0 Å². The van der Waals surface area contributed by atoms with Gasteiger partial charge in [0.05, 0.1) is 7.11 Å². The van der Waals surface area contributed by atoms with Gasteiger partial charge in [-0.3, -0.25) is 4.79 Å². The van der Waals surface area contributed by atoms with E-state index in [-0.39, 0.29) is 11.0 Å². The summed E-state index contributed by atoms with van der Waals surface area (Å²) in [6.45, 7) is 7.83. The third-order valence-corrected chi connectivity index (χ3v) is 12.3. The zero-order chi connectivity index (χ0) is 29.7. The summed E-state index contributed by atoms with van der Waals surface area (Å²) in [6.07, 6.45) is 27.5. The zero-order valence-corrected chi connectivity index (χ0v) is 26.9. The molecule has 0 unspecified atom stereocenters. The molecular weight excluding hydrogens is 520 g/mol. The molecule has 0 saturated carbocycles. The summed E-state index contributed by atoms with van der Waals surface area (Å²) in [5.74, 6) is -0.133. The maximum atomic E-state index is 11.1. The third-order valence-electron chi connectivity index (χ3n) is 7.22. The van der Waals surface area contributed by atoms with E-state index in [1.807, 2.05) is 0 Å². The van der Waals surface area contributed by atoms with Gasteiger partial charge in [-0.1, -0.05) is 136 Å². The average Bonchev–Trinajstić information content (AvgIpc) is 2.98. The summed E-state index contributed by atoms with van der Waals surface area (Å²) < 4.78 is 11.6. The second kappa shape index (κ2) is 20.0. The highest BCUT2D eigenvalue weighted by molar-refractivity contribution is 6.99. The first-order chi connectivity index (χ1) is 19.9. The van der Waals surface area contributed by atoms with Crippen molar-refractivity contribution in [2.24, 2.45) is 0 Å². The molecule has 222 valence electrons. The number of allylic oxidation sites excluding steroid dienone is 8. The lowest BCUT2D eigenvalue weighted by molar-refractivity contribution is -0.140. The van der Waals surface area contributed by atoms with Crippen LogP contribution in [0, 0.1) is 0 Å². The Morgan fingerprint density at radius 2 is 1.24 bits per heavy atom. The molecule has 0 aromatic heterocycles. The van der Waals surface area contributed by atoms with Gasteiger partial charge in [-0.25, -0.2) is 0 Å². The summed E-state index contributed by atoms with van der Waals surface area (Å²) in [7, 11) is -0.975. The highest BCUT2D eigenvalue weighted by Gasteiger charge is 2.49. The summed E-state index contributed by atoms with van der Waals surface area (Å²) in [4.78, 5) is 11.1. The quantitative estimate of drug-likeness (QED) is 0.0554. The van der Waals surface area contributed by atoms with Crippen molar-refractivity contribution in [2.45, 2.75) is 90.0 Å². The van der Waals surface area contributed by atoms with Crippen LogP contribution < -0.4 is 10.4 Å². The molecule has 2 aromatic rings. The first-order valence-corrected chi connectivity index (χ1v) is 17.3. The Morgan fingerprint density at radius 1 is 0.683 bits per heavy atom. The number of ether oxygens (including phenoxy) is 1. The van der Waals surface area contributed by atoms with Gasteiger partial charge in [0, 0.05) is 13.0 Å². The molecule has 41 heavy (non-hydrogen) atoms. The largest absolute Gasteiger partial charge is 0.469 e. The number of rotatable bonds is 19. The molecule has 2 rings (SSSR count). The van der Waals surface area contributed by atoms with Gasteiger partial charge in [0.2, 0.25) is 0 Å². The molecule has 2 aromatic carbocycles. The van der Waals surface area contributed by atoms with E-state index in [4.69, 9.17) is 4.43 Å². The van der Waals surface area contributed by atoms with Crippen LogP contribution >= 0.6 is 0 Å². The molecule has 0 aliphatic heterocycles. The average molecular weight is 573 g/mol. The molecule has 0 radical (unpaired) electrons. The fourth-order valence-corrected chi connectivity index (χ4v) is 9.65. The van der Waals surface area contributed by atoms with E-state index >= 15 is 0 Å². The van der Waals surface area contributed by atoms with Crippen LogP contribution in [0.5, 0.6) is 0 Å². The number of carbonyl (C=O) groups excluding carboxylic acids is 1. The van der Waals surface area contributed by atoms with Crippen molar-refractivity contribution in [3.05, 3.63) is 109 Å². The summed E-state index contributed by atoms with van der Waals surface area (Å²) in [5, 5.41) is 2.74. The lowest BCUT2D eigenvalue weighted by atomic mass is 10.2. The van der Waals surface area contributed by atoms with Crippen molar-refractivity contribution in [1.29, 1.82) is 0 Å². The van der Waals surface area contributed by atoms with Gasteiger partial charge in [0.15, 0.2) is 0 Å². The van der Waals surface area contributed by atoms with Gasteiger partial charge >= 0.3 is 5.97 Å². The summed E-state index contributed by atoms with van der Waals surface area (Å²) >= 11 is 0. The van der Waals surface area contributed by atoms with Crippen LogP contribution in [0.2, 0.25) is 5.04 Å². The van der Waals surface area contributed by atoms with Crippen LogP contribution in [-0.4, -0.2) is 28.0 Å². The van der Waals surface area contributed by atoms with E-state index in [0.717, 1.165) is 51.6 Å². The zero-order valence-electron chi connectivity index (χ0n) is 25.9. The maximum Gasteiger partial charge on any atom is 0.305 e.